The van der Waals surface area contributed by atoms with E-state index >= 15 is 0 Å². The van der Waals surface area contributed by atoms with Crippen molar-refractivity contribution in [3.8, 4) is 11.5 Å². The monoisotopic (exact) mass is 537 g/mol. The van der Waals surface area contributed by atoms with Crippen LogP contribution in [0.25, 0.3) is 11.5 Å². The van der Waals surface area contributed by atoms with Crippen LogP contribution >= 0.6 is 24.0 Å². The first-order valence-electron chi connectivity index (χ1n) is 9.92. The molecule has 0 bridgehead atoms. The SMILES string of the molecule is CN=C(NCCN(C)Cc1ccc(F)cc1)NCc1coc(-c2ccc(C)cc2)n1.I. The quantitative estimate of drug-likeness (QED) is 0.256. The molecule has 0 radical (unpaired) electrons. The van der Waals surface area contributed by atoms with Crippen LogP contribution in [0.1, 0.15) is 16.8 Å². The van der Waals surface area contributed by atoms with Gasteiger partial charge in [-0.05, 0) is 43.8 Å². The van der Waals surface area contributed by atoms with Gasteiger partial charge in [0.2, 0.25) is 5.89 Å². The average Bonchev–Trinajstić information content (AvgIpc) is 3.22. The fraction of sp³-hybridized carbons (Fsp3) is 0.304. The molecule has 3 aromatic rings. The minimum absolute atomic E-state index is 0. The molecule has 2 aromatic carbocycles. The number of guanidine groups is 1. The van der Waals surface area contributed by atoms with Crippen molar-refractivity contribution < 1.29 is 8.81 Å². The van der Waals surface area contributed by atoms with Crippen molar-refractivity contribution in [3.05, 3.63) is 77.4 Å². The molecule has 0 atom stereocenters. The molecular weight excluding hydrogens is 508 g/mol. The van der Waals surface area contributed by atoms with Crippen LogP contribution in [-0.4, -0.2) is 43.0 Å². The summed E-state index contributed by atoms with van der Waals surface area (Å²) in [7, 11) is 3.77. The number of likely N-dealkylation sites (N-methyl/N-ethyl adjacent to an activating group) is 1. The molecule has 0 unspecified atom stereocenters. The highest BCUT2D eigenvalue weighted by Crippen LogP contribution is 2.18. The lowest BCUT2D eigenvalue weighted by molar-refractivity contribution is 0.331. The number of aromatic nitrogens is 1. The van der Waals surface area contributed by atoms with Crippen molar-refractivity contribution in [1.82, 2.24) is 20.5 Å². The van der Waals surface area contributed by atoms with Crippen LogP contribution in [0.5, 0.6) is 0 Å². The molecule has 1 heterocycles. The fourth-order valence-corrected chi connectivity index (χ4v) is 2.96. The maximum absolute atomic E-state index is 13.0. The van der Waals surface area contributed by atoms with Crippen LogP contribution in [0.2, 0.25) is 0 Å². The Morgan fingerprint density at radius 2 is 1.81 bits per heavy atom. The molecule has 0 fully saturated rings. The summed E-state index contributed by atoms with van der Waals surface area (Å²) >= 11 is 0. The third-order valence-electron chi connectivity index (χ3n) is 4.66. The smallest absolute Gasteiger partial charge is 0.226 e. The predicted molar refractivity (Wildman–Crippen MR) is 133 cm³/mol. The van der Waals surface area contributed by atoms with E-state index in [4.69, 9.17) is 4.42 Å². The number of benzene rings is 2. The molecule has 31 heavy (non-hydrogen) atoms. The van der Waals surface area contributed by atoms with Gasteiger partial charge in [-0.25, -0.2) is 9.37 Å². The van der Waals surface area contributed by atoms with E-state index in [0.717, 1.165) is 36.5 Å². The Morgan fingerprint density at radius 1 is 1.10 bits per heavy atom. The van der Waals surface area contributed by atoms with Gasteiger partial charge in [0.1, 0.15) is 12.1 Å². The van der Waals surface area contributed by atoms with Gasteiger partial charge in [-0.15, -0.1) is 24.0 Å². The van der Waals surface area contributed by atoms with Crippen LogP contribution in [0.3, 0.4) is 0 Å². The van der Waals surface area contributed by atoms with Gasteiger partial charge in [-0.1, -0.05) is 29.8 Å². The molecule has 0 amide bonds. The van der Waals surface area contributed by atoms with Crippen molar-refractivity contribution in [2.75, 3.05) is 27.2 Å². The highest BCUT2D eigenvalue weighted by molar-refractivity contribution is 14.0. The molecule has 1 aromatic heterocycles. The van der Waals surface area contributed by atoms with Crippen molar-refractivity contribution in [1.29, 1.82) is 0 Å². The summed E-state index contributed by atoms with van der Waals surface area (Å²) in [5.41, 5.74) is 4.04. The number of hydrogen-bond acceptors (Lipinski definition) is 4. The van der Waals surface area contributed by atoms with Crippen molar-refractivity contribution in [3.63, 3.8) is 0 Å². The number of halogens is 2. The first-order valence-corrected chi connectivity index (χ1v) is 9.92. The molecular formula is C23H29FIN5O. The Hall–Kier alpha value is -2.46. The molecule has 6 nitrogen and oxygen atoms in total. The van der Waals surface area contributed by atoms with E-state index in [-0.39, 0.29) is 29.8 Å². The van der Waals surface area contributed by atoms with Crippen molar-refractivity contribution >= 4 is 29.9 Å². The third kappa shape index (κ3) is 7.95. The molecule has 3 rings (SSSR count). The van der Waals surface area contributed by atoms with Crippen molar-refractivity contribution in [2.45, 2.75) is 20.0 Å². The number of nitrogens with one attached hydrogen (secondary N) is 2. The lowest BCUT2D eigenvalue weighted by Crippen LogP contribution is -2.40. The third-order valence-corrected chi connectivity index (χ3v) is 4.66. The van der Waals surface area contributed by atoms with E-state index in [9.17, 15) is 4.39 Å². The second kappa shape index (κ2) is 12.4. The van der Waals surface area contributed by atoms with Crippen LogP contribution in [0.4, 0.5) is 4.39 Å². The number of aliphatic imine (C=N–C) groups is 1. The van der Waals surface area contributed by atoms with E-state index in [0.29, 0.717) is 18.4 Å². The first kappa shape index (κ1) is 24.8. The Morgan fingerprint density at radius 3 is 2.48 bits per heavy atom. The Kier molecular flexibility index (Phi) is 9.93. The van der Waals surface area contributed by atoms with Gasteiger partial charge < -0.3 is 20.0 Å². The van der Waals surface area contributed by atoms with Gasteiger partial charge in [0.25, 0.3) is 0 Å². The highest BCUT2D eigenvalue weighted by Gasteiger charge is 2.08. The minimum atomic E-state index is -0.212. The summed E-state index contributed by atoms with van der Waals surface area (Å²) in [5, 5.41) is 6.53. The maximum Gasteiger partial charge on any atom is 0.226 e. The Balaban J connectivity index is 0.00000341. The molecule has 166 valence electrons. The lowest BCUT2D eigenvalue weighted by Gasteiger charge is -2.18. The zero-order valence-electron chi connectivity index (χ0n) is 18.1. The fourth-order valence-electron chi connectivity index (χ4n) is 2.96. The van der Waals surface area contributed by atoms with E-state index in [1.54, 1.807) is 13.3 Å². The Bertz CT molecular complexity index is 957. The summed E-state index contributed by atoms with van der Waals surface area (Å²) in [5.74, 6) is 1.10. The largest absolute Gasteiger partial charge is 0.444 e. The highest BCUT2D eigenvalue weighted by atomic mass is 127. The summed E-state index contributed by atoms with van der Waals surface area (Å²) in [6.07, 6.45) is 1.66. The second-order valence-corrected chi connectivity index (χ2v) is 7.23. The van der Waals surface area contributed by atoms with Crippen LogP contribution < -0.4 is 10.6 Å². The molecule has 0 spiro atoms. The van der Waals surface area contributed by atoms with Gasteiger partial charge in [0.15, 0.2) is 5.96 Å². The van der Waals surface area contributed by atoms with Crippen LogP contribution in [0, 0.1) is 12.7 Å². The summed E-state index contributed by atoms with van der Waals surface area (Å²) in [6, 6.07) is 14.7. The van der Waals surface area contributed by atoms with Gasteiger partial charge in [-0.2, -0.15) is 0 Å². The van der Waals surface area contributed by atoms with Gasteiger partial charge in [-0.3, -0.25) is 4.99 Å². The molecule has 2 N–H and O–H groups in total. The number of nitrogens with zero attached hydrogens (tertiary/aromatic N) is 3. The predicted octanol–water partition coefficient (Wildman–Crippen LogP) is 4.20. The van der Waals surface area contributed by atoms with Gasteiger partial charge in [0.05, 0.1) is 12.2 Å². The van der Waals surface area contributed by atoms with E-state index in [1.807, 2.05) is 50.4 Å². The second-order valence-electron chi connectivity index (χ2n) is 7.23. The standard InChI is InChI=1S/C23H28FN5O.HI/c1-17-4-8-19(9-5-17)22-28-21(16-30-22)14-27-23(25-2)26-12-13-29(3)15-18-6-10-20(24)11-7-18;/h4-11,16H,12-15H2,1-3H3,(H2,25,26,27);1H. The molecule has 0 saturated carbocycles. The van der Waals surface area contributed by atoms with Crippen molar-refractivity contribution in [2.24, 2.45) is 4.99 Å². The van der Waals surface area contributed by atoms with Crippen LogP contribution in [-0.2, 0) is 13.1 Å². The number of aryl methyl sites for hydroxylation is 1. The van der Waals surface area contributed by atoms with Gasteiger partial charge >= 0.3 is 0 Å². The molecule has 0 saturated heterocycles. The van der Waals surface area contributed by atoms with E-state index < -0.39 is 0 Å². The van der Waals surface area contributed by atoms with E-state index in [2.05, 4.69) is 25.5 Å². The summed E-state index contributed by atoms with van der Waals surface area (Å²) < 4.78 is 18.6. The summed E-state index contributed by atoms with van der Waals surface area (Å²) in [4.78, 5) is 10.9. The molecule has 0 aliphatic heterocycles. The number of hydrogen-bond donors (Lipinski definition) is 2. The zero-order valence-corrected chi connectivity index (χ0v) is 20.4. The zero-order chi connectivity index (χ0) is 21.3. The normalized spacial score (nSPS) is 11.3. The minimum Gasteiger partial charge on any atom is -0.444 e. The lowest BCUT2D eigenvalue weighted by atomic mass is 10.1. The number of oxazole rings is 1. The Labute approximate surface area is 200 Å². The molecule has 8 heteroatoms. The van der Waals surface area contributed by atoms with Crippen LogP contribution in [0.15, 0.2) is 64.2 Å². The number of rotatable bonds is 8. The maximum atomic E-state index is 13.0. The average molecular weight is 537 g/mol. The van der Waals surface area contributed by atoms with E-state index in [1.165, 1.54) is 17.7 Å². The summed E-state index contributed by atoms with van der Waals surface area (Å²) in [6.45, 7) is 4.87. The molecule has 0 aliphatic rings. The van der Waals surface area contributed by atoms with Gasteiger partial charge in [0, 0.05) is 32.2 Å². The first-order chi connectivity index (χ1) is 14.5. The molecule has 0 aliphatic carbocycles. The topological polar surface area (TPSA) is 65.7 Å².